The zero-order valence-corrected chi connectivity index (χ0v) is 7.81. The summed E-state index contributed by atoms with van der Waals surface area (Å²) in [6, 6.07) is 9.01. The van der Waals surface area contributed by atoms with Gasteiger partial charge in [-0.25, -0.2) is 0 Å². The van der Waals surface area contributed by atoms with Gasteiger partial charge in [-0.2, -0.15) is 11.8 Å². The van der Waals surface area contributed by atoms with Gasteiger partial charge in [-0.3, -0.25) is 0 Å². The first-order chi connectivity index (χ1) is 5.95. The highest BCUT2D eigenvalue weighted by atomic mass is 32.2. The van der Waals surface area contributed by atoms with Crippen molar-refractivity contribution in [1.82, 2.24) is 0 Å². The molecule has 1 aromatic carbocycles. The molecular formula is C11H12S. The SMILES string of the molecule is c1ccc2c(c1)C1CCC2SC1. The molecule has 0 radical (unpaired) electrons. The molecule has 2 heterocycles. The predicted octanol–water partition coefficient (Wildman–Crippen LogP) is 3.35. The van der Waals surface area contributed by atoms with E-state index in [4.69, 9.17) is 0 Å². The van der Waals surface area contributed by atoms with E-state index in [1.807, 2.05) is 0 Å². The average Bonchev–Trinajstić information content (AvgIpc) is 2.20. The Bertz CT molecular complexity index is 267. The molecule has 4 rings (SSSR count). The third-order valence-electron chi connectivity index (χ3n) is 3.06. The van der Waals surface area contributed by atoms with Crippen molar-refractivity contribution in [1.29, 1.82) is 0 Å². The fourth-order valence-electron chi connectivity index (χ4n) is 2.42. The Morgan fingerprint density at radius 3 is 2.58 bits per heavy atom. The monoisotopic (exact) mass is 176 g/mol. The van der Waals surface area contributed by atoms with Gasteiger partial charge in [0.1, 0.15) is 0 Å². The summed E-state index contributed by atoms with van der Waals surface area (Å²) in [7, 11) is 0. The fraction of sp³-hybridized carbons (Fsp3) is 0.455. The quantitative estimate of drug-likeness (QED) is 0.584. The van der Waals surface area contributed by atoms with Crippen LogP contribution in [0, 0.1) is 0 Å². The third-order valence-corrected chi connectivity index (χ3v) is 4.55. The number of rotatable bonds is 0. The highest BCUT2D eigenvalue weighted by Crippen LogP contribution is 2.51. The summed E-state index contributed by atoms with van der Waals surface area (Å²) in [6.45, 7) is 0. The molecule has 2 bridgehead atoms. The van der Waals surface area contributed by atoms with Crippen LogP contribution in [-0.2, 0) is 0 Å². The van der Waals surface area contributed by atoms with E-state index in [-0.39, 0.29) is 0 Å². The van der Waals surface area contributed by atoms with Crippen LogP contribution in [0.1, 0.15) is 35.1 Å². The number of hydrogen-bond acceptors (Lipinski definition) is 1. The van der Waals surface area contributed by atoms with Crippen molar-refractivity contribution in [3.63, 3.8) is 0 Å². The molecule has 0 nitrogen and oxygen atoms in total. The normalized spacial score (nSPS) is 31.7. The lowest BCUT2D eigenvalue weighted by Gasteiger charge is -2.37. The maximum atomic E-state index is 2.33. The molecule has 2 atom stereocenters. The maximum Gasteiger partial charge on any atom is 0.0300 e. The van der Waals surface area contributed by atoms with Crippen molar-refractivity contribution in [2.24, 2.45) is 0 Å². The first-order valence-corrected chi connectivity index (χ1v) is 5.70. The van der Waals surface area contributed by atoms with E-state index in [0.717, 1.165) is 11.2 Å². The molecule has 3 aliphatic rings. The Kier molecular flexibility index (Phi) is 1.48. The minimum absolute atomic E-state index is 0.825. The molecular weight excluding hydrogens is 164 g/mol. The van der Waals surface area contributed by atoms with Crippen LogP contribution in [-0.4, -0.2) is 5.75 Å². The van der Waals surface area contributed by atoms with Crippen LogP contribution in [0.2, 0.25) is 0 Å². The van der Waals surface area contributed by atoms with Gasteiger partial charge < -0.3 is 0 Å². The van der Waals surface area contributed by atoms with Crippen LogP contribution >= 0.6 is 11.8 Å². The maximum absolute atomic E-state index is 2.33. The van der Waals surface area contributed by atoms with Crippen LogP contribution in [0.15, 0.2) is 24.3 Å². The Balaban J connectivity index is 2.19. The van der Waals surface area contributed by atoms with E-state index in [0.29, 0.717) is 0 Å². The molecule has 1 saturated heterocycles. The van der Waals surface area contributed by atoms with Gasteiger partial charge in [0.2, 0.25) is 0 Å². The molecule has 12 heavy (non-hydrogen) atoms. The molecule has 0 N–H and O–H groups in total. The van der Waals surface area contributed by atoms with Gasteiger partial charge in [0.25, 0.3) is 0 Å². The van der Waals surface area contributed by atoms with Gasteiger partial charge >= 0.3 is 0 Å². The van der Waals surface area contributed by atoms with Crippen LogP contribution in [0.5, 0.6) is 0 Å². The minimum atomic E-state index is 0.825. The second kappa shape index (κ2) is 2.53. The Morgan fingerprint density at radius 1 is 1.08 bits per heavy atom. The standard InChI is InChI=1S/C11H12S/c1-2-4-10-9(3-1)8-5-6-11(10)12-7-8/h1-4,8,11H,5-7H2. The van der Waals surface area contributed by atoms with Gasteiger partial charge in [0.15, 0.2) is 0 Å². The second-order valence-electron chi connectivity index (χ2n) is 3.73. The van der Waals surface area contributed by atoms with Gasteiger partial charge in [-0.1, -0.05) is 24.3 Å². The molecule has 2 aliphatic heterocycles. The van der Waals surface area contributed by atoms with Crippen molar-refractivity contribution >= 4 is 11.8 Å². The number of hydrogen-bond donors (Lipinski definition) is 0. The summed E-state index contributed by atoms with van der Waals surface area (Å²) in [4.78, 5) is 0. The van der Waals surface area contributed by atoms with Gasteiger partial charge in [0.05, 0.1) is 0 Å². The molecule has 0 amide bonds. The van der Waals surface area contributed by atoms with Crippen LogP contribution in [0.4, 0.5) is 0 Å². The molecule has 1 fully saturated rings. The highest BCUT2D eigenvalue weighted by Gasteiger charge is 2.32. The summed E-state index contributed by atoms with van der Waals surface area (Å²) in [5, 5.41) is 0.825. The lowest BCUT2D eigenvalue weighted by atomic mass is 9.83. The highest BCUT2D eigenvalue weighted by molar-refractivity contribution is 7.99. The van der Waals surface area contributed by atoms with Crippen LogP contribution < -0.4 is 0 Å². The Labute approximate surface area is 77.4 Å². The molecule has 0 saturated carbocycles. The summed E-state index contributed by atoms with van der Waals surface area (Å²) in [6.07, 6.45) is 2.83. The summed E-state index contributed by atoms with van der Waals surface area (Å²) >= 11 is 2.16. The first-order valence-electron chi connectivity index (χ1n) is 4.65. The summed E-state index contributed by atoms with van der Waals surface area (Å²) in [5.74, 6) is 2.23. The van der Waals surface area contributed by atoms with Gasteiger partial charge in [-0.05, 0) is 29.9 Å². The van der Waals surface area contributed by atoms with E-state index in [1.54, 1.807) is 11.1 Å². The van der Waals surface area contributed by atoms with E-state index in [2.05, 4.69) is 36.0 Å². The van der Waals surface area contributed by atoms with E-state index >= 15 is 0 Å². The zero-order chi connectivity index (χ0) is 7.97. The van der Waals surface area contributed by atoms with Crippen molar-refractivity contribution < 1.29 is 0 Å². The van der Waals surface area contributed by atoms with Crippen molar-refractivity contribution in [2.45, 2.75) is 24.0 Å². The largest absolute Gasteiger partial charge is 0.153 e. The van der Waals surface area contributed by atoms with E-state index in [1.165, 1.54) is 18.6 Å². The molecule has 0 aromatic heterocycles. The first kappa shape index (κ1) is 7.02. The van der Waals surface area contributed by atoms with Gasteiger partial charge in [-0.15, -0.1) is 0 Å². The number of fused-ring (bicyclic) bond motifs is 2. The number of thioether (sulfide) groups is 1. The average molecular weight is 176 g/mol. The molecule has 1 aliphatic carbocycles. The zero-order valence-electron chi connectivity index (χ0n) is 6.99. The third kappa shape index (κ3) is 0.861. The molecule has 0 spiro atoms. The fourth-order valence-corrected chi connectivity index (χ4v) is 3.93. The van der Waals surface area contributed by atoms with Crippen LogP contribution in [0.25, 0.3) is 0 Å². The van der Waals surface area contributed by atoms with Crippen molar-refractivity contribution in [2.75, 3.05) is 5.75 Å². The molecule has 1 aromatic rings. The molecule has 2 unspecified atom stereocenters. The van der Waals surface area contributed by atoms with Crippen molar-refractivity contribution in [3.05, 3.63) is 35.4 Å². The predicted molar refractivity (Wildman–Crippen MR) is 53.6 cm³/mol. The van der Waals surface area contributed by atoms with E-state index in [9.17, 15) is 0 Å². The topological polar surface area (TPSA) is 0 Å². The van der Waals surface area contributed by atoms with Crippen molar-refractivity contribution in [3.8, 4) is 0 Å². The molecule has 1 heteroatoms. The smallest absolute Gasteiger partial charge is 0.0300 e. The number of benzene rings is 1. The van der Waals surface area contributed by atoms with Crippen LogP contribution in [0.3, 0.4) is 0 Å². The molecule has 62 valence electrons. The van der Waals surface area contributed by atoms with E-state index < -0.39 is 0 Å². The minimum Gasteiger partial charge on any atom is -0.153 e. The lowest BCUT2D eigenvalue weighted by molar-refractivity contribution is 0.565. The summed E-state index contributed by atoms with van der Waals surface area (Å²) in [5.41, 5.74) is 3.28. The summed E-state index contributed by atoms with van der Waals surface area (Å²) < 4.78 is 0. The Morgan fingerprint density at radius 2 is 1.92 bits per heavy atom. The lowest BCUT2D eigenvalue weighted by Crippen LogP contribution is -2.20. The van der Waals surface area contributed by atoms with Gasteiger partial charge in [0, 0.05) is 11.0 Å². The Hall–Kier alpha value is -0.430. The second-order valence-corrected chi connectivity index (χ2v) is 4.96.